The van der Waals surface area contributed by atoms with E-state index < -0.39 is 0 Å². The maximum atomic E-state index is 8.46. The normalized spacial score (nSPS) is 13.2. The molecule has 0 saturated carbocycles. The third-order valence-electron chi connectivity index (χ3n) is 4.62. The van der Waals surface area contributed by atoms with E-state index in [2.05, 4.69) is 20.6 Å². The van der Waals surface area contributed by atoms with Gasteiger partial charge in [0, 0.05) is 48.9 Å². The van der Waals surface area contributed by atoms with Crippen LogP contribution in [-0.2, 0) is 11.3 Å². The number of hydrogen-bond donors (Lipinski definition) is 4. The minimum absolute atomic E-state index is 0.439. The van der Waals surface area contributed by atoms with E-state index in [1.54, 1.807) is 19.5 Å². The van der Waals surface area contributed by atoms with Gasteiger partial charge in [-0.05, 0) is 18.2 Å². The molecule has 0 fully saturated rings. The predicted molar refractivity (Wildman–Crippen MR) is 110 cm³/mol. The van der Waals surface area contributed by atoms with E-state index in [0.29, 0.717) is 37.8 Å². The Morgan fingerprint density at radius 3 is 2.82 bits per heavy atom. The van der Waals surface area contributed by atoms with E-state index in [1.807, 2.05) is 36.4 Å². The maximum Gasteiger partial charge on any atom is 0.147 e. The lowest BCUT2D eigenvalue weighted by atomic mass is 10.0. The van der Waals surface area contributed by atoms with Crippen LogP contribution < -0.4 is 15.4 Å². The Balaban J connectivity index is 1.80. The van der Waals surface area contributed by atoms with Gasteiger partial charge in [0.2, 0.25) is 0 Å². The molecule has 0 amide bonds. The van der Waals surface area contributed by atoms with Crippen molar-refractivity contribution in [3.8, 4) is 17.0 Å². The summed E-state index contributed by atoms with van der Waals surface area (Å²) in [4.78, 5) is 7.70. The van der Waals surface area contributed by atoms with Crippen LogP contribution in [0.15, 0.2) is 48.8 Å². The number of pyridine rings is 1. The number of para-hydroxylation sites is 1. The number of benzene rings is 1. The van der Waals surface area contributed by atoms with Gasteiger partial charge >= 0.3 is 0 Å². The van der Waals surface area contributed by atoms with Crippen molar-refractivity contribution in [3.63, 3.8) is 0 Å². The fourth-order valence-electron chi connectivity index (χ4n) is 3.35. The molecule has 7 heteroatoms. The summed E-state index contributed by atoms with van der Waals surface area (Å²) in [6.45, 7) is 2.17. The molecule has 144 valence electrons. The third-order valence-corrected chi connectivity index (χ3v) is 4.62. The summed E-state index contributed by atoms with van der Waals surface area (Å²) in [5.41, 5.74) is 6.09. The number of rotatable bonds is 7. The van der Waals surface area contributed by atoms with Gasteiger partial charge in [0.1, 0.15) is 12.4 Å². The molecule has 1 aliphatic rings. The summed E-state index contributed by atoms with van der Waals surface area (Å²) < 4.78 is 11.0. The molecule has 1 aliphatic heterocycles. The van der Waals surface area contributed by atoms with Crippen LogP contribution >= 0.6 is 0 Å². The van der Waals surface area contributed by atoms with E-state index in [1.165, 1.54) is 0 Å². The first-order valence-corrected chi connectivity index (χ1v) is 9.19. The van der Waals surface area contributed by atoms with Crippen LogP contribution in [0.2, 0.25) is 0 Å². The Morgan fingerprint density at radius 1 is 1.14 bits per heavy atom. The highest BCUT2D eigenvalue weighted by molar-refractivity contribution is 6.10. The van der Waals surface area contributed by atoms with Gasteiger partial charge in [-0.1, -0.05) is 18.2 Å². The van der Waals surface area contributed by atoms with E-state index in [-0.39, 0.29) is 0 Å². The monoisotopic (exact) mass is 377 g/mol. The first-order valence-electron chi connectivity index (χ1n) is 9.19. The molecule has 4 rings (SSSR count). The number of aromatic amines is 1. The average molecular weight is 377 g/mol. The molecule has 7 nitrogen and oxygen atoms in total. The SMILES string of the molecule is COCCOc1cnccc1-c1[nH]c2c(c1Nc1ccccc1)C(=N)CNC2. The molecule has 2 aromatic heterocycles. The number of anilines is 2. The second kappa shape index (κ2) is 8.24. The van der Waals surface area contributed by atoms with Gasteiger partial charge in [-0.2, -0.15) is 0 Å². The molecule has 0 atom stereocenters. The minimum atomic E-state index is 0.439. The summed E-state index contributed by atoms with van der Waals surface area (Å²) >= 11 is 0. The largest absolute Gasteiger partial charge is 0.489 e. The van der Waals surface area contributed by atoms with Crippen molar-refractivity contribution in [1.82, 2.24) is 15.3 Å². The number of fused-ring (bicyclic) bond motifs is 1. The lowest BCUT2D eigenvalue weighted by Gasteiger charge is -2.17. The van der Waals surface area contributed by atoms with Gasteiger partial charge in [-0.25, -0.2) is 0 Å². The molecular formula is C21H23N5O2. The molecule has 28 heavy (non-hydrogen) atoms. The summed E-state index contributed by atoms with van der Waals surface area (Å²) in [6.07, 6.45) is 3.45. The zero-order chi connectivity index (χ0) is 19.3. The number of nitrogens with zero attached hydrogens (tertiary/aromatic N) is 1. The van der Waals surface area contributed by atoms with Crippen LogP contribution in [0.4, 0.5) is 11.4 Å². The number of H-pyrrole nitrogens is 1. The van der Waals surface area contributed by atoms with Gasteiger partial charge in [0.25, 0.3) is 0 Å². The first-order chi connectivity index (χ1) is 13.8. The molecule has 0 bridgehead atoms. The van der Waals surface area contributed by atoms with Crippen LogP contribution in [0.5, 0.6) is 5.75 Å². The van der Waals surface area contributed by atoms with E-state index in [9.17, 15) is 0 Å². The lowest BCUT2D eigenvalue weighted by molar-refractivity contribution is 0.146. The van der Waals surface area contributed by atoms with Crippen LogP contribution in [0.25, 0.3) is 11.3 Å². The summed E-state index contributed by atoms with van der Waals surface area (Å²) in [7, 11) is 1.65. The zero-order valence-corrected chi connectivity index (χ0v) is 15.7. The van der Waals surface area contributed by atoms with Crippen molar-refractivity contribution < 1.29 is 9.47 Å². The van der Waals surface area contributed by atoms with Crippen LogP contribution in [0.3, 0.4) is 0 Å². The number of hydrogen-bond acceptors (Lipinski definition) is 6. The van der Waals surface area contributed by atoms with E-state index >= 15 is 0 Å². The molecule has 4 N–H and O–H groups in total. The Bertz CT molecular complexity index is 968. The topological polar surface area (TPSA) is 95.1 Å². The molecule has 0 saturated heterocycles. The number of ether oxygens (including phenoxy) is 2. The molecular weight excluding hydrogens is 354 g/mol. The number of methoxy groups -OCH3 is 1. The molecule has 0 unspecified atom stereocenters. The second-order valence-electron chi connectivity index (χ2n) is 6.51. The van der Waals surface area contributed by atoms with Crippen molar-refractivity contribution in [1.29, 1.82) is 5.41 Å². The first kappa shape index (κ1) is 18.2. The van der Waals surface area contributed by atoms with Gasteiger partial charge in [-0.15, -0.1) is 0 Å². The second-order valence-corrected chi connectivity index (χ2v) is 6.51. The van der Waals surface area contributed by atoms with Crippen molar-refractivity contribution >= 4 is 17.1 Å². The standard InChI is InChI=1S/C21H23N5O2/c1-27-9-10-28-18-13-23-8-7-15(18)20-21(25-14-5-3-2-4-6-14)19-16(22)11-24-12-17(19)26-20/h2-8,13,22,24-26H,9-12H2,1H3. The van der Waals surface area contributed by atoms with Gasteiger partial charge < -0.3 is 30.5 Å². The fraction of sp³-hybridized carbons (Fsp3) is 0.238. The van der Waals surface area contributed by atoms with Gasteiger partial charge in [0.05, 0.1) is 29.9 Å². The van der Waals surface area contributed by atoms with Crippen molar-refractivity contribution in [3.05, 3.63) is 60.0 Å². The summed E-state index contributed by atoms with van der Waals surface area (Å²) in [5, 5.41) is 15.2. The quantitative estimate of drug-likeness (QED) is 0.474. The van der Waals surface area contributed by atoms with Crippen molar-refractivity contribution in [2.45, 2.75) is 6.54 Å². The predicted octanol–water partition coefficient (Wildman–Crippen LogP) is 3.32. The molecule has 3 heterocycles. The van der Waals surface area contributed by atoms with E-state index in [4.69, 9.17) is 14.9 Å². The fourth-order valence-corrected chi connectivity index (χ4v) is 3.35. The smallest absolute Gasteiger partial charge is 0.147 e. The number of nitrogens with one attached hydrogen (secondary N) is 4. The minimum Gasteiger partial charge on any atom is -0.489 e. The van der Waals surface area contributed by atoms with Gasteiger partial charge in [0.15, 0.2) is 0 Å². The van der Waals surface area contributed by atoms with Crippen molar-refractivity contribution in [2.75, 3.05) is 32.2 Å². The van der Waals surface area contributed by atoms with E-state index in [0.717, 1.165) is 33.9 Å². The Hall–Kier alpha value is -3.16. The van der Waals surface area contributed by atoms with Gasteiger partial charge in [-0.3, -0.25) is 4.98 Å². The highest BCUT2D eigenvalue weighted by Gasteiger charge is 2.26. The average Bonchev–Trinajstić information content (AvgIpc) is 3.09. The van der Waals surface area contributed by atoms with Crippen LogP contribution in [0, 0.1) is 5.41 Å². The Kier molecular flexibility index (Phi) is 5.36. The summed E-state index contributed by atoms with van der Waals surface area (Å²) in [5.74, 6) is 0.675. The van der Waals surface area contributed by atoms with Crippen molar-refractivity contribution in [2.24, 2.45) is 0 Å². The molecule has 0 spiro atoms. The van der Waals surface area contributed by atoms with Crippen LogP contribution in [-0.4, -0.2) is 42.5 Å². The highest BCUT2D eigenvalue weighted by Crippen LogP contribution is 2.40. The molecule has 1 aromatic carbocycles. The number of aromatic nitrogens is 2. The zero-order valence-electron chi connectivity index (χ0n) is 15.7. The molecule has 0 aliphatic carbocycles. The maximum absolute atomic E-state index is 8.46. The summed E-state index contributed by atoms with van der Waals surface area (Å²) in [6, 6.07) is 11.9. The molecule has 3 aromatic rings. The Labute approximate surface area is 163 Å². The lowest BCUT2D eigenvalue weighted by Crippen LogP contribution is -2.29. The Morgan fingerprint density at radius 2 is 2.00 bits per heavy atom. The third kappa shape index (κ3) is 3.62. The van der Waals surface area contributed by atoms with Crippen LogP contribution in [0.1, 0.15) is 11.3 Å². The highest BCUT2D eigenvalue weighted by atomic mass is 16.5. The molecule has 0 radical (unpaired) electrons.